The van der Waals surface area contributed by atoms with Gasteiger partial charge in [0, 0.05) is 23.5 Å². The van der Waals surface area contributed by atoms with E-state index in [4.69, 9.17) is 0 Å². The molecule has 6 heteroatoms. The number of hydrogen-bond acceptors (Lipinski definition) is 2. The number of carbonyl (C=O) groups is 2. The molecule has 0 heterocycles. The molecule has 0 saturated heterocycles. The molecule has 0 bridgehead atoms. The van der Waals surface area contributed by atoms with E-state index in [9.17, 15) is 9.59 Å². The summed E-state index contributed by atoms with van der Waals surface area (Å²) in [6, 6.07) is 7.27. The van der Waals surface area contributed by atoms with Gasteiger partial charge < -0.3 is 21.3 Å². The summed E-state index contributed by atoms with van der Waals surface area (Å²) in [5.41, 5.74) is 1.82. The van der Waals surface area contributed by atoms with Crippen LogP contribution >= 0.6 is 0 Å². The summed E-state index contributed by atoms with van der Waals surface area (Å²) < 4.78 is 0. The summed E-state index contributed by atoms with van der Waals surface area (Å²) >= 11 is 0. The van der Waals surface area contributed by atoms with Gasteiger partial charge >= 0.3 is 12.1 Å². The summed E-state index contributed by atoms with van der Waals surface area (Å²) in [5.74, 6) is 1.21. The van der Waals surface area contributed by atoms with Crippen molar-refractivity contribution in [3.8, 4) is 0 Å². The second-order valence-electron chi connectivity index (χ2n) is 12.0. The molecule has 2 aliphatic rings. The highest BCUT2D eigenvalue weighted by atomic mass is 16.2. The van der Waals surface area contributed by atoms with Crippen molar-refractivity contribution in [3.05, 3.63) is 24.3 Å². The van der Waals surface area contributed by atoms with Gasteiger partial charge in [0.1, 0.15) is 0 Å². The average Bonchev–Trinajstić information content (AvgIpc) is 2.57. The molecule has 1 aromatic carbocycles. The highest BCUT2D eigenvalue weighted by molar-refractivity contribution is 5.93. The van der Waals surface area contributed by atoms with E-state index in [1.54, 1.807) is 6.07 Å². The quantitative estimate of drug-likeness (QED) is 0.437. The van der Waals surface area contributed by atoms with E-state index in [0.717, 1.165) is 25.7 Å². The number of urea groups is 2. The molecule has 0 aromatic heterocycles. The molecule has 4 amide bonds. The zero-order valence-corrected chi connectivity index (χ0v) is 20.7. The lowest BCUT2D eigenvalue weighted by Crippen LogP contribution is -2.44. The van der Waals surface area contributed by atoms with Crippen molar-refractivity contribution in [2.75, 3.05) is 10.6 Å². The van der Waals surface area contributed by atoms with Crippen LogP contribution in [0.25, 0.3) is 0 Å². The van der Waals surface area contributed by atoms with Gasteiger partial charge in [0.25, 0.3) is 0 Å². The second-order valence-corrected chi connectivity index (χ2v) is 12.0. The van der Waals surface area contributed by atoms with Crippen LogP contribution in [-0.4, -0.2) is 24.1 Å². The Balaban J connectivity index is 1.51. The van der Waals surface area contributed by atoms with E-state index in [-0.39, 0.29) is 35.0 Å². The maximum absolute atomic E-state index is 12.6. The lowest BCUT2D eigenvalue weighted by molar-refractivity contribution is 0.154. The van der Waals surface area contributed by atoms with Gasteiger partial charge in [0.05, 0.1) is 0 Å². The SMILES string of the molecule is C[C@H]1C[C@@H](NC(=O)Nc2cccc(NC(=O)N[C@H]3C[C@H](C)CC(C)(C)C3)c2)CC(C)(C)C1. The molecule has 0 radical (unpaired) electrons. The number of rotatable bonds is 4. The molecule has 3 rings (SSSR count). The summed E-state index contributed by atoms with van der Waals surface area (Å²) in [5, 5.41) is 12.1. The standard InChI is InChI=1S/C26H42N4O2/c1-17-10-21(15-25(3,4)13-17)29-23(31)27-19-8-7-9-20(12-19)28-24(32)30-22-11-18(2)14-26(5,6)16-22/h7-9,12,17-18,21-22H,10-11,13-16H2,1-6H3,(H2,27,29,31)(H2,28,30,32)/t17-,18-,21-,22+/m0/s1. The molecule has 4 N–H and O–H groups in total. The van der Waals surface area contributed by atoms with E-state index >= 15 is 0 Å². The maximum atomic E-state index is 12.6. The molecule has 6 nitrogen and oxygen atoms in total. The minimum Gasteiger partial charge on any atom is -0.335 e. The van der Waals surface area contributed by atoms with Gasteiger partial charge in [-0.05, 0) is 79.4 Å². The topological polar surface area (TPSA) is 82.3 Å². The number of benzene rings is 1. The first-order valence-corrected chi connectivity index (χ1v) is 12.1. The van der Waals surface area contributed by atoms with Crippen LogP contribution in [0.4, 0.5) is 21.0 Å². The zero-order chi connectivity index (χ0) is 23.5. The van der Waals surface area contributed by atoms with Crippen LogP contribution in [0.1, 0.15) is 80.1 Å². The van der Waals surface area contributed by atoms with E-state index in [1.165, 1.54) is 12.8 Å². The number of nitrogens with one attached hydrogen (secondary N) is 4. The van der Waals surface area contributed by atoms with E-state index in [0.29, 0.717) is 23.2 Å². The molecular formula is C26H42N4O2. The molecule has 178 valence electrons. The van der Waals surface area contributed by atoms with Crippen molar-refractivity contribution in [1.29, 1.82) is 0 Å². The van der Waals surface area contributed by atoms with Crippen molar-refractivity contribution < 1.29 is 9.59 Å². The van der Waals surface area contributed by atoms with Crippen LogP contribution in [-0.2, 0) is 0 Å². The Morgan fingerprint density at radius 2 is 1.16 bits per heavy atom. The third-order valence-electron chi connectivity index (χ3n) is 6.82. The molecule has 1 aromatic rings. The minimum atomic E-state index is -0.195. The Kier molecular flexibility index (Phi) is 7.41. The highest BCUT2D eigenvalue weighted by Crippen LogP contribution is 2.39. The van der Waals surface area contributed by atoms with Gasteiger partial charge in [-0.2, -0.15) is 0 Å². The molecule has 2 fully saturated rings. The first-order valence-electron chi connectivity index (χ1n) is 12.1. The molecule has 2 saturated carbocycles. The maximum Gasteiger partial charge on any atom is 0.319 e. The van der Waals surface area contributed by atoms with E-state index < -0.39 is 0 Å². The van der Waals surface area contributed by atoms with Crippen molar-refractivity contribution in [2.45, 2.75) is 92.2 Å². The zero-order valence-electron chi connectivity index (χ0n) is 20.7. The summed E-state index contributed by atoms with van der Waals surface area (Å²) in [6.45, 7) is 13.6. The van der Waals surface area contributed by atoms with Gasteiger partial charge in [0.2, 0.25) is 0 Å². The van der Waals surface area contributed by atoms with Gasteiger partial charge in [-0.25, -0.2) is 9.59 Å². The second kappa shape index (κ2) is 9.72. The van der Waals surface area contributed by atoms with E-state index in [2.05, 4.69) is 62.8 Å². The Labute approximate surface area is 193 Å². The first kappa shape index (κ1) is 24.4. The van der Waals surface area contributed by atoms with Crippen LogP contribution in [0.3, 0.4) is 0 Å². The number of carbonyl (C=O) groups excluding carboxylic acids is 2. The molecule has 0 aliphatic heterocycles. The van der Waals surface area contributed by atoms with Crippen LogP contribution in [0, 0.1) is 22.7 Å². The molecule has 4 atom stereocenters. The fourth-order valence-electron chi connectivity index (χ4n) is 6.29. The Hall–Kier alpha value is -2.24. The summed E-state index contributed by atoms with van der Waals surface area (Å²) in [4.78, 5) is 25.1. The molecular weight excluding hydrogens is 400 g/mol. The van der Waals surface area contributed by atoms with E-state index in [1.807, 2.05) is 18.2 Å². The van der Waals surface area contributed by atoms with Crippen LogP contribution in [0.5, 0.6) is 0 Å². The lowest BCUT2D eigenvalue weighted by atomic mass is 9.70. The smallest absolute Gasteiger partial charge is 0.319 e. The minimum absolute atomic E-state index is 0.183. The molecule has 2 aliphatic carbocycles. The van der Waals surface area contributed by atoms with Crippen molar-refractivity contribution >= 4 is 23.4 Å². The predicted molar refractivity (Wildman–Crippen MR) is 132 cm³/mol. The Morgan fingerprint density at radius 1 is 0.750 bits per heavy atom. The van der Waals surface area contributed by atoms with Crippen LogP contribution in [0.15, 0.2) is 24.3 Å². The highest BCUT2D eigenvalue weighted by Gasteiger charge is 2.33. The fourth-order valence-corrected chi connectivity index (χ4v) is 6.29. The number of anilines is 2. The largest absolute Gasteiger partial charge is 0.335 e. The van der Waals surface area contributed by atoms with Gasteiger partial charge in [-0.3, -0.25) is 0 Å². The van der Waals surface area contributed by atoms with Crippen molar-refractivity contribution in [3.63, 3.8) is 0 Å². The van der Waals surface area contributed by atoms with Gasteiger partial charge in [-0.1, -0.05) is 47.6 Å². The summed E-state index contributed by atoms with van der Waals surface area (Å²) in [7, 11) is 0. The third kappa shape index (κ3) is 7.42. The van der Waals surface area contributed by atoms with Gasteiger partial charge in [0.15, 0.2) is 0 Å². The number of amides is 4. The average molecular weight is 443 g/mol. The third-order valence-corrected chi connectivity index (χ3v) is 6.82. The number of hydrogen-bond donors (Lipinski definition) is 4. The summed E-state index contributed by atoms with van der Waals surface area (Å²) in [6.07, 6.45) is 6.39. The van der Waals surface area contributed by atoms with Crippen molar-refractivity contribution in [2.24, 2.45) is 22.7 Å². The lowest BCUT2D eigenvalue weighted by Gasteiger charge is -2.39. The van der Waals surface area contributed by atoms with Crippen LogP contribution in [0.2, 0.25) is 0 Å². The first-order chi connectivity index (χ1) is 14.9. The normalized spacial score (nSPS) is 28.9. The fraction of sp³-hybridized carbons (Fsp3) is 0.692. The molecule has 0 unspecified atom stereocenters. The monoisotopic (exact) mass is 442 g/mol. The van der Waals surface area contributed by atoms with Gasteiger partial charge in [-0.15, -0.1) is 0 Å². The Bertz CT molecular complexity index is 757. The predicted octanol–water partition coefficient (Wildman–Crippen LogP) is 6.36. The van der Waals surface area contributed by atoms with Crippen LogP contribution < -0.4 is 21.3 Å². The Morgan fingerprint density at radius 3 is 1.53 bits per heavy atom. The van der Waals surface area contributed by atoms with Crippen molar-refractivity contribution in [1.82, 2.24) is 10.6 Å². The molecule has 0 spiro atoms. The molecule has 32 heavy (non-hydrogen) atoms.